The Morgan fingerprint density at radius 3 is 2.17 bits per heavy atom. The molecule has 1 fully saturated rings. The second-order valence-corrected chi connectivity index (χ2v) is 10.4. The average molecular weight is 552 g/mol. The summed E-state index contributed by atoms with van der Waals surface area (Å²) in [4.78, 5) is 29.2. The van der Waals surface area contributed by atoms with Crippen molar-refractivity contribution in [3.05, 3.63) is 106 Å². The Labute approximate surface area is 221 Å². The highest BCUT2D eigenvalue weighted by atomic mass is 79.9. The van der Waals surface area contributed by atoms with E-state index in [1.54, 1.807) is 17.0 Å². The number of benzene rings is 3. The lowest BCUT2D eigenvalue weighted by Gasteiger charge is -2.33. The summed E-state index contributed by atoms with van der Waals surface area (Å²) in [5, 5.41) is 3.25. The number of nitrogens with one attached hydrogen (secondary N) is 1. The number of nitrogens with zero attached hydrogens (tertiary/aromatic N) is 1. The minimum Gasteiger partial charge on any atom is -0.352 e. The Morgan fingerprint density at radius 2 is 1.50 bits per heavy atom. The van der Waals surface area contributed by atoms with Crippen LogP contribution in [0.4, 0.5) is 4.39 Å². The van der Waals surface area contributed by atoms with Crippen molar-refractivity contribution in [3.8, 4) is 0 Å². The topological polar surface area (TPSA) is 49.4 Å². The van der Waals surface area contributed by atoms with Crippen LogP contribution in [0.3, 0.4) is 0 Å². The number of carbonyl (C=O) groups is 2. The first kappa shape index (κ1) is 26.1. The van der Waals surface area contributed by atoms with Gasteiger partial charge in [-0.15, -0.1) is 0 Å². The number of hydrogen-bond donors (Lipinski definition) is 1. The smallest absolute Gasteiger partial charge is 0.243 e. The predicted molar refractivity (Wildman–Crippen MR) is 144 cm³/mol. The van der Waals surface area contributed by atoms with Crippen LogP contribution in [-0.2, 0) is 29.0 Å². The van der Waals surface area contributed by atoms with Crippen molar-refractivity contribution in [2.75, 3.05) is 0 Å². The molecule has 1 saturated carbocycles. The zero-order chi connectivity index (χ0) is 25.3. The van der Waals surface area contributed by atoms with Crippen LogP contribution in [0.1, 0.15) is 48.8 Å². The molecule has 0 bridgehead atoms. The van der Waals surface area contributed by atoms with Crippen molar-refractivity contribution in [1.29, 1.82) is 0 Å². The number of rotatable bonds is 9. The first-order chi connectivity index (χ1) is 17.5. The first-order valence-electron chi connectivity index (χ1n) is 12.6. The van der Waals surface area contributed by atoms with Crippen molar-refractivity contribution in [3.63, 3.8) is 0 Å². The number of amides is 2. The van der Waals surface area contributed by atoms with Crippen molar-refractivity contribution in [1.82, 2.24) is 10.2 Å². The summed E-state index contributed by atoms with van der Waals surface area (Å²) >= 11 is 3.47. The zero-order valence-corrected chi connectivity index (χ0v) is 21.9. The quantitative estimate of drug-likeness (QED) is 0.343. The fourth-order valence-corrected chi connectivity index (χ4v) is 5.03. The van der Waals surface area contributed by atoms with Gasteiger partial charge in [0.1, 0.15) is 11.9 Å². The van der Waals surface area contributed by atoms with E-state index >= 15 is 0 Å². The molecule has 0 aliphatic heterocycles. The molecule has 3 aromatic rings. The fourth-order valence-electron chi connectivity index (χ4n) is 4.76. The maximum absolute atomic E-state index is 13.7. The average Bonchev–Trinajstić information content (AvgIpc) is 2.89. The second kappa shape index (κ2) is 12.8. The maximum atomic E-state index is 13.7. The highest BCUT2D eigenvalue weighted by molar-refractivity contribution is 9.10. The van der Waals surface area contributed by atoms with E-state index in [0.29, 0.717) is 18.5 Å². The molecule has 3 aromatic carbocycles. The van der Waals surface area contributed by atoms with E-state index in [-0.39, 0.29) is 30.1 Å². The van der Waals surface area contributed by atoms with E-state index in [4.69, 9.17) is 0 Å². The van der Waals surface area contributed by atoms with Crippen LogP contribution < -0.4 is 5.32 Å². The van der Waals surface area contributed by atoms with Crippen LogP contribution in [0.5, 0.6) is 0 Å². The molecular weight excluding hydrogens is 519 g/mol. The zero-order valence-electron chi connectivity index (χ0n) is 20.3. The highest BCUT2D eigenvalue weighted by Gasteiger charge is 2.32. The molecule has 1 unspecified atom stereocenters. The van der Waals surface area contributed by atoms with Crippen LogP contribution >= 0.6 is 15.9 Å². The molecule has 1 N–H and O–H groups in total. The normalized spacial score (nSPS) is 14.7. The summed E-state index contributed by atoms with van der Waals surface area (Å²) in [6.07, 6.45) is 5.89. The molecule has 36 heavy (non-hydrogen) atoms. The van der Waals surface area contributed by atoms with E-state index in [9.17, 15) is 14.0 Å². The fraction of sp³-hybridized carbons (Fsp3) is 0.333. The van der Waals surface area contributed by atoms with Crippen molar-refractivity contribution in [2.24, 2.45) is 0 Å². The van der Waals surface area contributed by atoms with Crippen LogP contribution in [-0.4, -0.2) is 28.8 Å². The Hall–Kier alpha value is -2.99. The molecule has 4 rings (SSSR count). The molecule has 1 aliphatic carbocycles. The molecule has 188 valence electrons. The van der Waals surface area contributed by atoms with E-state index in [0.717, 1.165) is 41.3 Å². The van der Waals surface area contributed by atoms with Gasteiger partial charge in [-0.05, 0) is 53.8 Å². The SMILES string of the molecule is O=C(NC1CCCCC1)C(Cc1ccccc1)N(Cc1ccc(Br)cc1)C(=O)Cc1ccc(F)cc1. The van der Waals surface area contributed by atoms with Gasteiger partial charge in [-0.25, -0.2) is 4.39 Å². The van der Waals surface area contributed by atoms with E-state index in [1.807, 2.05) is 54.6 Å². The molecule has 0 saturated heterocycles. The van der Waals surface area contributed by atoms with Crippen LogP contribution in [0.15, 0.2) is 83.3 Å². The molecule has 0 spiro atoms. The van der Waals surface area contributed by atoms with Gasteiger partial charge in [0.2, 0.25) is 11.8 Å². The number of hydrogen-bond acceptors (Lipinski definition) is 2. The maximum Gasteiger partial charge on any atom is 0.243 e. The molecule has 6 heteroatoms. The van der Waals surface area contributed by atoms with Crippen LogP contribution in [0, 0.1) is 5.82 Å². The number of carbonyl (C=O) groups excluding carboxylic acids is 2. The lowest BCUT2D eigenvalue weighted by atomic mass is 9.94. The number of halogens is 2. The molecular formula is C30H32BrFN2O2. The molecule has 1 aliphatic rings. The third kappa shape index (κ3) is 7.50. The second-order valence-electron chi connectivity index (χ2n) is 9.50. The van der Waals surface area contributed by atoms with Crippen molar-refractivity contribution in [2.45, 2.75) is 63.6 Å². The lowest BCUT2D eigenvalue weighted by molar-refractivity contribution is -0.141. The third-order valence-electron chi connectivity index (χ3n) is 6.76. The van der Waals surface area contributed by atoms with Crippen molar-refractivity contribution < 1.29 is 14.0 Å². The Bertz CT molecular complexity index is 1130. The van der Waals surface area contributed by atoms with Gasteiger partial charge in [-0.2, -0.15) is 0 Å². The van der Waals surface area contributed by atoms with Gasteiger partial charge in [-0.3, -0.25) is 9.59 Å². The first-order valence-corrected chi connectivity index (χ1v) is 13.4. The van der Waals surface area contributed by atoms with Crippen LogP contribution in [0.25, 0.3) is 0 Å². The lowest BCUT2D eigenvalue weighted by Crippen LogP contribution is -2.53. The molecule has 0 radical (unpaired) electrons. The Morgan fingerprint density at radius 1 is 0.861 bits per heavy atom. The van der Waals surface area contributed by atoms with E-state index in [1.165, 1.54) is 18.6 Å². The standard InChI is InChI=1S/C30H32BrFN2O2/c31-25-15-11-24(12-16-25)21-34(29(35)20-23-13-17-26(32)18-14-23)28(19-22-7-3-1-4-8-22)30(36)33-27-9-5-2-6-10-27/h1,3-4,7-8,11-18,27-28H,2,5-6,9-10,19-21H2,(H,33,36). The highest BCUT2D eigenvalue weighted by Crippen LogP contribution is 2.21. The van der Waals surface area contributed by atoms with Gasteiger partial charge in [0.15, 0.2) is 0 Å². The predicted octanol–water partition coefficient (Wildman–Crippen LogP) is 6.22. The van der Waals surface area contributed by atoms with Crippen LogP contribution in [0.2, 0.25) is 0 Å². The summed E-state index contributed by atoms with van der Waals surface area (Å²) < 4.78 is 14.4. The molecule has 0 heterocycles. The summed E-state index contributed by atoms with van der Waals surface area (Å²) in [7, 11) is 0. The van der Waals surface area contributed by atoms with Crippen molar-refractivity contribution >= 4 is 27.7 Å². The molecule has 1 atom stereocenters. The van der Waals surface area contributed by atoms with E-state index in [2.05, 4.69) is 21.2 Å². The van der Waals surface area contributed by atoms with Gasteiger partial charge < -0.3 is 10.2 Å². The third-order valence-corrected chi connectivity index (χ3v) is 7.29. The largest absolute Gasteiger partial charge is 0.352 e. The summed E-state index contributed by atoms with van der Waals surface area (Å²) in [5.74, 6) is -0.619. The monoisotopic (exact) mass is 550 g/mol. The van der Waals surface area contributed by atoms with Gasteiger partial charge in [0.05, 0.1) is 6.42 Å². The van der Waals surface area contributed by atoms with Gasteiger partial charge >= 0.3 is 0 Å². The Balaban J connectivity index is 1.64. The minimum absolute atomic E-state index is 0.0960. The van der Waals surface area contributed by atoms with Gasteiger partial charge in [-0.1, -0.05) is 89.8 Å². The van der Waals surface area contributed by atoms with E-state index < -0.39 is 6.04 Å². The molecule has 4 nitrogen and oxygen atoms in total. The Kier molecular flexibility index (Phi) is 9.29. The summed E-state index contributed by atoms with van der Waals surface area (Å²) in [6.45, 7) is 0.308. The van der Waals surface area contributed by atoms with Gasteiger partial charge in [0.25, 0.3) is 0 Å². The molecule has 2 amide bonds. The minimum atomic E-state index is -0.661. The molecule has 0 aromatic heterocycles. The van der Waals surface area contributed by atoms with Gasteiger partial charge in [0, 0.05) is 23.5 Å². The summed E-state index contributed by atoms with van der Waals surface area (Å²) in [5.41, 5.74) is 2.65. The summed E-state index contributed by atoms with van der Waals surface area (Å²) in [6, 6.07) is 23.1.